The zero-order valence-electron chi connectivity index (χ0n) is 9.49. The molecule has 1 heterocycles. The Bertz CT molecular complexity index is 305. The Hall–Kier alpha value is -0.310. The minimum Gasteiger partial charge on any atom is -0.374 e. The fourth-order valence-corrected chi connectivity index (χ4v) is 2.99. The van der Waals surface area contributed by atoms with Crippen molar-refractivity contribution in [1.82, 2.24) is 10.0 Å². The SMILES string of the molecule is O=S(=O)(CC1CCCN1)NCCOCC(F)F. The topological polar surface area (TPSA) is 67.4 Å². The van der Waals surface area contributed by atoms with E-state index >= 15 is 0 Å². The molecule has 17 heavy (non-hydrogen) atoms. The van der Waals surface area contributed by atoms with Crippen molar-refractivity contribution in [2.24, 2.45) is 0 Å². The fraction of sp³-hybridized carbons (Fsp3) is 1.00. The van der Waals surface area contributed by atoms with Gasteiger partial charge in [0.25, 0.3) is 6.43 Å². The van der Waals surface area contributed by atoms with E-state index in [4.69, 9.17) is 0 Å². The molecule has 1 rings (SSSR count). The van der Waals surface area contributed by atoms with E-state index in [1.807, 2.05) is 0 Å². The van der Waals surface area contributed by atoms with E-state index in [2.05, 4.69) is 14.8 Å². The lowest BCUT2D eigenvalue weighted by Gasteiger charge is -2.11. The van der Waals surface area contributed by atoms with E-state index in [-0.39, 0.29) is 24.9 Å². The molecule has 0 aromatic rings. The van der Waals surface area contributed by atoms with Gasteiger partial charge < -0.3 is 10.1 Å². The first-order valence-electron chi connectivity index (χ1n) is 5.56. The molecule has 0 radical (unpaired) electrons. The fourth-order valence-electron chi connectivity index (χ4n) is 1.66. The molecule has 0 amide bonds. The van der Waals surface area contributed by atoms with Gasteiger partial charge in [-0.25, -0.2) is 21.9 Å². The first kappa shape index (κ1) is 14.7. The van der Waals surface area contributed by atoms with Gasteiger partial charge in [0, 0.05) is 12.6 Å². The lowest BCUT2D eigenvalue weighted by molar-refractivity contribution is 0.0199. The molecule has 8 heteroatoms. The Morgan fingerprint density at radius 3 is 2.82 bits per heavy atom. The summed E-state index contributed by atoms with van der Waals surface area (Å²) in [5.74, 6) is 0.0296. The van der Waals surface area contributed by atoms with Gasteiger partial charge in [-0.3, -0.25) is 0 Å². The van der Waals surface area contributed by atoms with Crippen LogP contribution in [0.5, 0.6) is 0 Å². The highest BCUT2D eigenvalue weighted by Crippen LogP contribution is 2.06. The van der Waals surface area contributed by atoms with Crippen LogP contribution in [0, 0.1) is 0 Å². The van der Waals surface area contributed by atoms with Crippen LogP contribution in [0.3, 0.4) is 0 Å². The van der Waals surface area contributed by atoms with Gasteiger partial charge in [0.05, 0.1) is 12.4 Å². The molecule has 1 unspecified atom stereocenters. The summed E-state index contributed by atoms with van der Waals surface area (Å²) in [5.41, 5.74) is 0. The van der Waals surface area contributed by atoms with Crippen LogP contribution >= 0.6 is 0 Å². The molecule has 1 aliphatic rings. The molecule has 102 valence electrons. The third-order valence-corrected chi connectivity index (χ3v) is 3.88. The van der Waals surface area contributed by atoms with Crippen LogP contribution in [-0.2, 0) is 14.8 Å². The van der Waals surface area contributed by atoms with Crippen LogP contribution in [0.4, 0.5) is 8.78 Å². The molecule has 1 fully saturated rings. The zero-order valence-corrected chi connectivity index (χ0v) is 10.3. The summed E-state index contributed by atoms with van der Waals surface area (Å²) in [4.78, 5) is 0. The van der Waals surface area contributed by atoms with Crippen LogP contribution < -0.4 is 10.0 Å². The molecule has 0 bridgehead atoms. The number of nitrogens with one attached hydrogen (secondary N) is 2. The van der Waals surface area contributed by atoms with Crippen LogP contribution in [0.25, 0.3) is 0 Å². The molecule has 0 spiro atoms. The van der Waals surface area contributed by atoms with Crippen molar-refractivity contribution in [1.29, 1.82) is 0 Å². The lowest BCUT2D eigenvalue weighted by Crippen LogP contribution is -2.37. The van der Waals surface area contributed by atoms with Gasteiger partial charge in [-0.2, -0.15) is 0 Å². The second kappa shape index (κ2) is 7.20. The second-order valence-electron chi connectivity index (χ2n) is 3.94. The predicted octanol–water partition coefficient (Wildman–Crippen LogP) is -0.0605. The maximum atomic E-state index is 11.7. The average Bonchev–Trinajstić information content (AvgIpc) is 2.68. The van der Waals surface area contributed by atoms with Gasteiger partial charge in [0.1, 0.15) is 6.61 Å². The standard InChI is InChI=1S/C9H18F2N2O3S/c10-9(11)6-16-5-4-13-17(14,15)7-8-2-1-3-12-8/h8-9,12-13H,1-7H2. The highest BCUT2D eigenvalue weighted by molar-refractivity contribution is 7.89. The summed E-state index contributed by atoms with van der Waals surface area (Å²) in [7, 11) is -3.35. The lowest BCUT2D eigenvalue weighted by atomic mass is 10.3. The summed E-state index contributed by atoms with van der Waals surface area (Å²) >= 11 is 0. The van der Waals surface area contributed by atoms with E-state index in [0.29, 0.717) is 0 Å². The number of hydrogen-bond donors (Lipinski definition) is 2. The Morgan fingerprint density at radius 1 is 1.47 bits per heavy atom. The van der Waals surface area contributed by atoms with E-state index < -0.39 is 23.1 Å². The molecule has 2 N–H and O–H groups in total. The highest BCUT2D eigenvalue weighted by Gasteiger charge is 2.21. The molecule has 1 saturated heterocycles. The zero-order chi connectivity index (χ0) is 12.7. The van der Waals surface area contributed by atoms with Crippen molar-refractivity contribution in [3.63, 3.8) is 0 Å². The molecule has 1 atom stereocenters. The van der Waals surface area contributed by atoms with E-state index in [9.17, 15) is 17.2 Å². The molecule has 0 aromatic heterocycles. The first-order chi connectivity index (χ1) is 7.99. The molecule has 0 aliphatic carbocycles. The van der Waals surface area contributed by atoms with Crippen LogP contribution in [0.15, 0.2) is 0 Å². The number of hydrogen-bond acceptors (Lipinski definition) is 4. The molecule has 5 nitrogen and oxygen atoms in total. The van der Waals surface area contributed by atoms with Crippen molar-refractivity contribution < 1.29 is 21.9 Å². The number of alkyl halides is 2. The third kappa shape index (κ3) is 6.87. The Labute approximate surface area is 100.0 Å². The maximum absolute atomic E-state index is 11.7. The Balaban J connectivity index is 2.11. The molecule has 1 aliphatic heterocycles. The normalized spacial score (nSPS) is 21.2. The molecule has 0 saturated carbocycles. The van der Waals surface area contributed by atoms with Crippen LogP contribution in [-0.4, -0.2) is 52.9 Å². The maximum Gasteiger partial charge on any atom is 0.261 e. The van der Waals surface area contributed by atoms with Crippen molar-refractivity contribution in [2.75, 3.05) is 32.1 Å². The van der Waals surface area contributed by atoms with E-state index in [1.165, 1.54) is 0 Å². The van der Waals surface area contributed by atoms with Gasteiger partial charge in [0.15, 0.2) is 0 Å². The quantitative estimate of drug-likeness (QED) is 0.607. The largest absolute Gasteiger partial charge is 0.374 e. The minimum absolute atomic E-state index is 0.00511. The molecule has 0 aromatic carbocycles. The summed E-state index contributed by atoms with van der Waals surface area (Å²) in [6.07, 6.45) is -0.685. The second-order valence-corrected chi connectivity index (χ2v) is 5.79. The van der Waals surface area contributed by atoms with Gasteiger partial charge in [-0.05, 0) is 19.4 Å². The average molecular weight is 272 g/mol. The number of sulfonamides is 1. The Morgan fingerprint density at radius 2 is 2.24 bits per heavy atom. The molecular weight excluding hydrogens is 254 g/mol. The van der Waals surface area contributed by atoms with Gasteiger partial charge >= 0.3 is 0 Å². The van der Waals surface area contributed by atoms with Gasteiger partial charge in [0.2, 0.25) is 10.0 Å². The summed E-state index contributed by atoms with van der Waals surface area (Å²) in [5, 5.41) is 3.08. The van der Waals surface area contributed by atoms with Crippen molar-refractivity contribution >= 4 is 10.0 Å². The van der Waals surface area contributed by atoms with Crippen molar-refractivity contribution in [3.05, 3.63) is 0 Å². The van der Waals surface area contributed by atoms with E-state index in [0.717, 1.165) is 19.4 Å². The number of halogens is 2. The smallest absolute Gasteiger partial charge is 0.261 e. The summed E-state index contributed by atoms with van der Waals surface area (Å²) in [6.45, 7) is 0.174. The van der Waals surface area contributed by atoms with Gasteiger partial charge in [-0.15, -0.1) is 0 Å². The third-order valence-electron chi connectivity index (χ3n) is 2.40. The monoisotopic (exact) mass is 272 g/mol. The number of ether oxygens (including phenoxy) is 1. The molecular formula is C9H18F2N2O3S. The Kier molecular flexibility index (Phi) is 6.24. The first-order valence-corrected chi connectivity index (χ1v) is 7.21. The van der Waals surface area contributed by atoms with E-state index in [1.54, 1.807) is 0 Å². The summed E-state index contributed by atoms with van der Waals surface area (Å²) in [6, 6.07) is -0.00511. The summed E-state index contributed by atoms with van der Waals surface area (Å²) < 4.78 is 53.3. The van der Waals surface area contributed by atoms with Crippen molar-refractivity contribution in [3.8, 4) is 0 Å². The van der Waals surface area contributed by atoms with Crippen molar-refractivity contribution in [2.45, 2.75) is 25.3 Å². The number of rotatable bonds is 8. The predicted molar refractivity (Wildman–Crippen MR) is 59.6 cm³/mol. The minimum atomic E-state index is -3.35. The van der Waals surface area contributed by atoms with Crippen LogP contribution in [0.1, 0.15) is 12.8 Å². The highest BCUT2D eigenvalue weighted by atomic mass is 32.2. The van der Waals surface area contributed by atoms with Crippen LogP contribution in [0.2, 0.25) is 0 Å². The van der Waals surface area contributed by atoms with Gasteiger partial charge in [-0.1, -0.05) is 0 Å².